The van der Waals surface area contributed by atoms with Gasteiger partial charge in [-0.2, -0.15) is 18.3 Å². The highest BCUT2D eigenvalue weighted by atomic mass is 19.4. The molecule has 2 rings (SSSR count). The van der Waals surface area contributed by atoms with Crippen LogP contribution < -0.4 is 9.42 Å². The maximum absolute atomic E-state index is 12.6. The number of hydrogen-bond acceptors (Lipinski definition) is 3. The van der Waals surface area contributed by atoms with Crippen molar-refractivity contribution in [1.82, 2.24) is 5.10 Å². The molecular formula is C12H11F3N3O2+. The van der Waals surface area contributed by atoms with Crippen molar-refractivity contribution in [2.45, 2.75) is 12.7 Å². The summed E-state index contributed by atoms with van der Waals surface area (Å²) in [7, 11) is 1.52. The lowest BCUT2D eigenvalue weighted by atomic mass is 10.2. The molecule has 1 N–H and O–H groups in total. The average molecular weight is 286 g/mol. The maximum atomic E-state index is 12.6. The lowest BCUT2D eigenvalue weighted by Crippen LogP contribution is -2.36. The van der Waals surface area contributed by atoms with E-state index in [0.29, 0.717) is 5.75 Å². The Morgan fingerprint density at radius 2 is 1.95 bits per heavy atom. The third-order valence-corrected chi connectivity index (χ3v) is 2.68. The summed E-state index contributed by atoms with van der Waals surface area (Å²) in [6.45, 7) is 0.155. The van der Waals surface area contributed by atoms with Crippen LogP contribution in [0.15, 0.2) is 35.6 Å². The van der Waals surface area contributed by atoms with Gasteiger partial charge in [0, 0.05) is 5.56 Å². The van der Waals surface area contributed by atoms with Gasteiger partial charge in [0.1, 0.15) is 5.75 Å². The largest absolute Gasteiger partial charge is 0.497 e. The number of ether oxygens (including phenoxy) is 1. The van der Waals surface area contributed by atoms with Gasteiger partial charge in [-0.3, -0.25) is 0 Å². The van der Waals surface area contributed by atoms with Crippen LogP contribution in [0.5, 0.6) is 5.75 Å². The monoisotopic (exact) mass is 286 g/mol. The fraction of sp³-hybridized carbons (Fsp3) is 0.250. The number of nitrogens with zero attached hydrogens (tertiary/aromatic N) is 2. The Balaban J connectivity index is 2.25. The van der Waals surface area contributed by atoms with Crippen LogP contribution in [0.4, 0.5) is 18.9 Å². The summed E-state index contributed by atoms with van der Waals surface area (Å²) in [5.41, 5.74) is -1.06. The van der Waals surface area contributed by atoms with Gasteiger partial charge in [-0.1, -0.05) is 0 Å². The van der Waals surface area contributed by atoms with E-state index in [1.807, 2.05) is 0 Å². The van der Waals surface area contributed by atoms with Crippen molar-refractivity contribution in [2.24, 2.45) is 5.18 Å². The van der Waals surface area contributed by atoms with Crippen molar-refractivity contribution in [3.8, 4) is 5.75 Å². The molecule has 0 aliphatic heterocycles. The van der Waals surface area contributed by atoms with Crippen molar-refractivity contribution in [1.29, 1.82) is 0 Å². The highest BCUT2D eigenvalue weighted by Crippen LogP contribution is 2.33. The van der Waals surface area contributed by atoms with E-state index in [1.54, 1.807) is 24.3 Å². The van der Waals surface area contributed by atoms with Crippen LogP contribution in [0.3, 0.4) is 0 Å². The van der Waals surface area contributed by atoms with E-state index >= 15 is 0 Å². The van der Waals surface area contributed by atoms with Crippen molar-refractivity contribution in [2.75, 3.05) is 7.11 Å². The van der Waals surface area contributed by atoms with Gasteiger partial charge >= 0.3 is 6.18 Å². The SMILES string of the molecule is COc1ccc(C[n+]2cc(N=O)c(C(F)(F)F)[nH]2)cc1. The van der Waals surface area contributed by atoms with Gasteiger partial charge in [0.05, 0.1) is 7.11 Å². The van der Waals surface area contributed by atoms with Crippen LogP contribution in [0.25, 0.3) is 0 Å². The molecule has 0 saturated carbocycles. The van der Waals surface area contributed by atoms with Gasteiger partial charge in [0.2, 0.25) is 17.6 Å². The Morgan fingerprint density at radius 1 is 1.30 bits per heavy atom. The van der Waals surface area contributed by atoms with Gasteiger partial charge in [0.15, 0.2) is 6.54 Å². The number of rotatable bonds is 4. The summed E-state index contributed by atoms with van der Waals surface area (Å²) in [6, 6.07) is 6.83. The standard InChI is InChI=1S/C12H10F3N3O2/c1-20-9-4-2-8(3-5-9)6-18-7-10(17-19)11(16-18)12(13,14)15/h2-5,7H,6H2,1H3/p+1. The summed E-state index contributed by atoms with van der Waals surface area (Å²) in [5, 5.41) is 4.50. The van der Waals surface area contributed by atoms with Crippen LogP contribution in [-0.2, 0) is 12.7 Å². The van der Waals surface area contributed by atoms with E-state index in [2.05, 4.69) is 10.3 Å². The minimum absolute atomic E-state index is 0.155. The van der Waals surface area contributed by atoms with E-state index in [9.17, 15) is 18.1 Å². The van der Waals surface area contributed by atoms with E-state index in [-0.39, 0.29) is 6.54 Å². The Morgan fingerprint density at radius 3 is 2.40 bits per heavy atom. The zero-order valence-electron chi connectivity index (χ0n) is 10.4. The van der Waals surface area contributed by atoms with Crippen LogP contribution in [-0.4, -0.2) is 12.2 Å². The van der Waals surface area contributed by atoms with Gasteiger partial charge < -0.3 is 4.74 Å². The Labute approximate surface area is 111 Å². The average Bonchev–Trinajstić information content (AvgIpc) is 2.83. The molecule has 106 valence electrons. The quantitative estimate of drug-likeness (QED) is 0.694. The zero-order chi connectivity index (χ0) is 14.8. The number of hydrogen-bond donors (Lipinski definition) is 1. The smallest absolute Gasteiger partial charge is 0.439 e. The molecule has 0 spiro atoms. The first-order chi connectivity index (χ1) is 9.44. The van der Waals surface area contributed by atoms with E-state index < -0.39 is 17.6 Å². The number of H-pyrrole nitrogens is 1. The number of alkyl halides is 3. The molecule has 0 amide bonds. The third-order valence-electron chi connectivity index (χ3n) is 2.68. The molecule has 1 aromatic heterocycles. The van der Waals surface area contributed by atoms with Gasteiger partial charge in [-0.05, 0) is 29.4 Å². The number of halogens is 3. The van der Waals surface area contributed by atoms with Crippen molar-refractivity contribution in [3.05, 3.63) is 46.6 Å². The highest BCUT2D eigenvalue weighted by Gasteiger charge is 2.39. The van der Waals surface area contributed by atoms with E-state index in [0.717, 1.165) is 16.4 Å². The molecule has 20 heavy (non-hydrogen) atoms. The molecule has 0 aliphatic rings. The van der Waals surface area contributed by atoms with Crippen molar-refractivity contribution < 1.29 is 22.6 Å². The lowest BCUT2D eigenvalue weighted by molar-refractivity contribution is -0.743. The number of nitrogens with one attached hydrogen (secondary N) is 1. The summed E-state index contributed by atoms with van der Waals surface area (Å²) in [6.07, 6.45) is -3.62. The number of benzene rings is 1. The molecule has 0 radical (unpaired) electrons. The molecule has 0 bridgehead atoms. The Kier molecular flexibility index (Phi) is 3.73. The van der Waals surface area contributed by atoms with Gasteiger partial charge in [-0.25, -0.2) is 0 Å². The molecule has 2 aromatic rings. The molecular weight excluding hydrogens is 275 g/mol. The van der Waals surface area contributed by atoms with Crippen molar-refractivity contribution in [3.63, 3.8) is 0 Å². The lowest BCUT2D eigenvalue weighted by Gasteiger charge is -2.01. The summed E-state index contributed by atoms with van der Waals surface area (Å²) < 4.78 is 44.0. The first-order valence-electron chi connectivity index (χ1n) is 5.60. The van der Waals surface area contributed by atoms with Gasteiger partial charge in [0.25, 0.3) is 0 Å². The fourth-order valence-corrected chi connectivity index (χ4v) is 1.74. The van der Waals surface area contributed by atoms with Crippen LogP contribution >= 0.6 is 0 Å². The fourth-order valence-electron chi connectivity index (χ4n) is 1.74. The predicted molar refractivity (Wildman–Crippen MR) is 63.5 cm³/mol. The van der Waals surface area contributed by atoms with Crippen LogP contribution in [0.2, 0.25) is 0 Å². The molecule has 0 saturated heterocycles. The molecule has 0 aliphatic carbocycles. The second-order valence-electron chi connectivity index (χ2n) is 4.07. The number of aromatic amines is 1. The van der Waals surface area contributed by atoms with Gasteiger partial charge in [-0.15, -0.1) is 9.59 Å². The Hall–Kier alpha value is -2.38. The summed E-state index contributed by atoms with van der Waals surface area (Å²) in [5.74, 6) is 0.650. The second kappa shape index (κ2) is 5.32. The van der Waals surface area contributed by atoms with Crippen LogP contribution in [0, 0.1) is 4.91 Å². The molecule has 0 fully saturated rings. The number of aromatic nitrogens is 2. The zero-order valence-corrected chi connectivity index (χ0v) is 10.4. The minimum Gasteiger partial charge on any atom is -0.497 e. The maximum Gasteiger partial charge on any atom is 0.439 e. The summed E-state index contributed by atoms with van der Waals surface area (Å²) in [4.78, 5) is 10.4. The number of nitroso groups, excluding NO2 is 1. The number of methoxy groups -OCH3 is 1. The Bertz CT molecular complexity index is 605. The van der Waals surface area contributed by atoms with E-state index in [4.69, 9.17) is 4.74 Å². The highest BCUT2D eigenvalue weighted by molar-refractivity contribution is 5.38. The first kappa shape index (κ1) is 14.0. The molecule has 0 atom stereocenters. The molecule has 8 heteroatoms. The molecule has 1 aromatic carbocycles. The predicted octanol–water partition coefficient (Wildman–Crippen LogP) is 2.78. The van der Waals surface area contributed by atoms with E-state index in [1.165, 1.54) is 7.11 Å². The topological polar surface area (TPSA) is 58.3 Å². The minimum atomic E-state index is -4.64. The van der Waals surface area contributed by atoms with Crippen LogP contribution in [0.1, 0.15) is 11.3 Å². The first-order valence-corrected chi connectivity index (χ1v) is 5.60. The molecule has 5 nitrogen and oxygen atoms in total. The van der Waals surface area contributed by atoms with Crippen molar-refractivity contribution >= 4 is 5.69 Å². The molecule has 1 heterocycles. The third kappa shape index (κ3) is 2.95. The summed E-state index contributed by atoms with van der Waals surface area (Å²) >= 11 is 0. The second-order valence-corrected chi connectivity index (χ2v) is 4.07. The normalized spacial score (nSPS) is 11.4. The molecule has 0 unspecified atom stereocenters.